The van der Waals surface area contributed by atoms with Gasteiger partial charge in [0, 0.05) is 38.4 Å². The van der Waals surface area contributed by atoms with E-state index in [9.17, 15) is 4.79 Å². The first-order valence-corrected chi connectivity index (χ1v) is 8.41. The molecule has 3 rings (SSSR count). The topological polar surface area (TPSA) is 57.3 Å². The van der Waals surface area contributed by atoms with Crippen molar-refractivity contribution in [2.24, 2.45) is 5.92 Å². The maximum absolute atomic E-state index is 12.2. The summed E-state index contributed by atoms with van der Waals surface area (Å²) >= 11 is 0. The highest BCUT2D eigenvalue weighted by molar-refractivity contribution is 5.79. The zero-order valence-electron chi connectivity index (χ0n) is 14.0. The van der Waals surface area contributed by atoms with E-state index in [0.29, 0.717) is 6.54 Å². The van der Waals surface area contributed by atoms with Crippen LogP contribution in [0.2, 0.25) is 0 Å². The number of carbonyl (C=O) groups is 1. The zero-order chi connectivity index (χ0) is 16.8. The third-order valence-electron chi connectivity index (χ3n) is 4.38. The average molecular weight is 324 g/mol. The van der Waals surface area contributed by atoms with E-state index in [-0.39, 0.29) is 11.8 Å². The molecule has 1 aromatic carbocycles. The van der Waals surface area contributed by atoms with Gasteiger partial charge < -0.3 is 15.5 Å². The lowest BCUT2D eigenvalue weighted by Gasteiger charge is -2.21. The number of rotatable bonds is 6. The standard InChI is InChI=1S/C19H24N4O/c1-23(14-15-6-3-2-4-7-15)18-16(8-5-10-21-18)13-22-19(24)17-9-11-20-12-17/h2-8,10,17,20H,9,11-14H2,1H3,(H,22,24). The minimum atomic E-state index is 0.0900. The van der Waals surface area contributed by atoms with Crippen LogP contribution < -0.4 is 15.5 Å². The van der Waals surface area contributed by atoms with Gasteiger partial charge in [0.2, 0.25) is 5.91 Å². The van der Waals surface area contributed by atoms with Gasteiger partial charge in [0.1, 0.15) is 5.82 Å². The summed E-state index contributed by atoms with van der Waals surface area (Å²) in [5, 5.41) is 6.28. The molecule has 1 amide bonds. The van der Waals surface area contributed by atoms with Crippen LogP contribution in [0.1, 0.15) is 17.5 Å². The highest BCUT2D eigenvalue weighted by Crippen LogP contribution is 2.18. The first-order valence-electron chi connectivity index (χ1n) is 8.41. The lowest BCUT2D eigenvalue weighted by molar-refractivity contribution is -0.124. The Bertz CT molecular complexity index is 668. The average Bonchev–Trinajstić information content (AvgIpc) is 3.15. The van der Waals surface area contributed by atoms with Crippen molar-refractivity contribution < 1.29 is 4.79 Å². The van der Waals surface area contributed by atoms with Crippen LogP contribution in [0.25, 0.3) is 0 Å². The Labute approximate surface area is 143 Å². The Kier molecular flexibility index (Phi) is 5.43. The quantitative estimate of drug-likeness (QED) is 0.853. The molecule has 5 nitrogen and oxygen atoms in total. The number of amides is 1. The molecule has 0 aliphatic carbocycles. The first-order chi connectivity index (χ1) is 11.7. The lowest BCUT2D eigenvalue weighted by atomic mass is 10.1. The van der Waals surface area contributed by atoms with Gasteiger partial charge in [0.15, 0.2) is 0 Å². The molecule has 2 heterocycles. The maximum Gasteiger partial charge on any atom is 0.224 e. The van der Waals surface area contributed by atoms with E-state index < -0.39 is 0 Å². The van der Waals surface area contributed by atoms with Crippen molar-refractivity contribution in [1.82, 2.24) is 15.6 Å². The van der Waals surface area contributed by atoms with E-state index in [2.05, 4.69) is 32.7 Å². The van der Waals surface area contributed by atoms with Crippen molar-refractivity contribution in [3.63, 3.8) is 0 Å². The zero-order valence-corrected chi connectivity index (χ0v) is 14.0. The van der Waals surface area contributed by atoms with Crippen molar-refractivity contribution in [3.8, 4) is 0 Å². The predicted octanol–water partition coefficient (Wildman–Crippen LogP) is 1.94. The van der Waals surface area contributed by atoms with Crippen molar-refractivity contribution in [2.75, 3.05) is 25.0 Å². The van der Waals surface area contributed by atoms with Crippen LogP contribution in [0.5, 0.6) is 0 Å². The Morgan fingerprint density at radius 2 is 2.12 bits per heavy atom. The molecule has 1 unspecified atom stereocenters. The molecule has 5 heteroatoms. The van der Waals surface area contributed by atoms with E-state index in [1.165, 1.54) is 5.56 Å². The third kappa shape index (κ3) is 4.11. The van der Waals surface area contributed by atoms with Crippen molar-refractivity contribution >= 4 is 11.7 Å². The van der Waals surface area contributed by atoms with Crippen molar-refractivity contribution in [2.45, 2.75) is 19.5 Å². The van der Waals surface area contributed by atoms with Crippen LogP contribution in [-0.2, 0) is 17.9 Å². The molecule has 0 radical (unpaired) electrons. The molecule has 1 aromatic heterocycles. The number of benzene rings is 1. The third-order valence-corrected chi connectivity index (χ3v) is 4.38. The predicted molar refractivity (Wildman–Crippen MR) is 95.6 cm³/mol. The number of pyridine rings is 1. The van der Waals surface area contributed by atoms with Crippen LogP contribution in [0.15, 0.2) is 48.7 Å². The van der Waals surface area contributed by atoms with Gasteiger partial charge in [-0.15, -0.1) is 0 Å². The largest absolute Gasteiger partial charge is 0.355 e. The van der Waals surface area contributed by atoms with Crippen molar-refractivity contribution in [1.29, 1.82) is 0 Å². The summed E-state index contributed by atoms with van der Waals surface area (Å²) in [7, 11) is 2.03. The second-order valence-corrected chi connectivity index (χ2v) is 6.24. The molecule has 0 spiro atoms. The molecule has 1 aliphatic heterocycles. The monoisotopic (exact) mass is 324 g/mol. The fraction of sp³-hybridized carbons (Fsp3) is 0.368. The molecule has 0 bridgehead atoms. The minimum absolute atomic E-state index is 0.0900. The summed E-state index contributed by atoms with van der Waals surface area (Å²) in [5.41, 5.74) is 2.27. The molecular weight excluding hydrogens is 300 g/mol. The fourth-order valence-corrected chi connectivity index (χ4v) is 3.05. The molecule has 1 saturated heterocycles. The Morgan fingerprint density at radius 3 is 2.88 bits per heavy atom. The molecular formula is C19H24N4O. The SMILES string of the molecule is CN(Cc1ccccc1)c1ncccc1CNC(=O)C1CCNC1. The van der Waals surface area contributed by atoms with E-state index in [4.69, 9.17) is 0 Å². The van der Waals surface area contributed by atoms with Crippen LogP contribution >= 0.6 is 0 Å². The van der Waals surface area contributed by atoms with E-state index in [0.717, 1.165) is 37.4 Å². The summed E-state index contributed by atoms with van der Waals surface area (Å²) in [6.45, 7) is 3.00. The normalized spacial score (nSPS) is 16.8. The number of hydrogen-bond acceptors (Lipinski definition) is 4. The van der Waals surface area contributed by atoms with Gasteiger partial charge in [-0.25, -0.2) is 4.98 Å². The van der Waals surface area contributed by atoms with Crippen LogP contribution in [-0.4, -0.2) is 31.0 Å². The van der Waals surface area contributed by atoms with Crippen LogP contribution in [0.4, 0.5) is 5.82 Å². The molecule has 126 valence electrons. The Balaban J connectivity index is 1.64. The van der Waals surface area contributed by atoms with Crippen LogP contribution in [0.3, 0.4) is 0 Å². The Hall–Kier alpha value is -2.40. The number of nitrogens with zero attached hydrogens (tertiary/aromatic N) is 2. The van der Waals surface area contributed by atoms with Gasteiger partial charge in [0.25, 0.3) is 0 Å². The first kappa shape index (κ1) is 16.5. The molecule has 2 N–H and O–H groups in total. The van der Waals surface area contributed by atoms with Gasteiger partial charge in [-0.05, 0) is 24.6 Å². The highest BCUT2D eigenvalue weighted by atomic mass is 16.1. The summed E-state index contributed by atoms with van der Waals surface area (Å²) < 4.78 is 0. The van der Waals surface area contributed by atoms with E-state index in [1.54, 1.807) is 6.20 Å². The smallest absolute Gasteiger partial charge is 0.224 e. The molecule has 24 heavy (non-hydrogen) atoms. The summed E-state index contributed by atoms with van der Waals surface area (Å²) in [5.74, 6) is 1.12. The summed E-state index contributed by atoms with van der Waals surface area (Å²) in [6, 6.07) is 14.2. The number of hydrogen-bond donors (Lipinski definition) is 2. The number of anilines is 1. The summed E-state index contributed by atoms with van der Waals surface area (Å²) in [4.78, 5) is 18.8. The van der Waals surface area contributed by atoms with Gasteiger partial charge >= 0.3 is 0 Å². The van der Waals surface area contributed by atoms with Gasteiger partial charge in [-0.3, -0.25) is 4.79 Å². The molecule has 1 fully saturated rings. The molecule has 0 saturated carbocycles. The highest BCUT2D eigenvalue weighted by Gasteiger charge is 2.22. The number of carbonyl (C=O) groups excluding carboxylic acids is 1. The minimum Gasteiger partial charge on any atom is -0.355 e. The second kappa shape index (κ2) is 7.93. The molecule has 1 atom stereocenters. The van der Waals surface area contributed by atoms with Gasteiger partial charge in [-0.2, -0.15) is 0 Å². The Morgan fingerprint density at radius 1 is 1.29 bits per heavy atom. The number of aromatic nitrogens is 1. The van der Waals surface area contributed by atoms with E-state index in [1.807, 2.05) is 37.4 Å². The second-order valence-electron chi connectivity index (χ2n) is 6.24. The maximum atomic E-state index is 12.2. The fourth-order valence-electron chi connectivity index (χ4n) is 3.05. The van der Waals surface area contributed by atoms with Crippen molar-refractivity contribution in [3.05, 3.63) is 59.8 Å². The molecule has 1 aliphatic rings. The lowest BCUT2D eigenvalue weighted by Crippen LogP contribution is -2.32. The molecule has 2 aromatic rings. The van der Waals surface area contributed by atoms with E-state index >= 15 is 0 Å². The van der Waals surface area contributed by atoms with Crippen LogP contribution in [0, 0.1) is 5.92 Å². The van der Waals surface area contributed by atoms with Gasteiger partial charge in [-0.1, -0.05) is 36.4 Å². The summed E-state index contributed by atoms with van der Waals surface area (Å²) in [6.07, 6.45) is 2.71. The van der Waals surface area contributed by atoms with Gasteiger partial charge in [0.05, 0.1) is 5.92 Å². The number of nitrogens with one attached hydrogen (secondary N) is 2.